The molecule has 0 bridgehead atoms. The number of aryl methyl sites for hydroxylation is 4. The Bertz CT molecular complexity index is 1420. The zero-order valence-corrected chi connectivity index (χ0v) is 20.4. The molecule has 0 spiro atoms. The van der Waals surface area contributed by atoms with Gasteiger partial charge in [-0.15, -0.1) is 0 Å². The zero-order chi connectivity index (χ0) is 24.9. The van der Waals surface area contributed by atoms with Crippen LogP contribution in [0.4, 0.5) is 5.69 Å². The molecule has 1 N–H and O–H groups in total. The van der Waals surface area contributed by atoms with E-state index in [1.54, 1.807) is 23.1 Å². The number of hydrogen-bond donors (Lipinski definition) is 1. The van der Waals surface area contributed by atoms with Crippen molar-refractivity contribution in [1.82, 2.24) is 19.2 Å². The summed E-state index contributed by atoms with van der Waals surface area (Å²) in [5, 5.41) is 2.83. The molecule has 1 amide bonds. The predicted octanol–water partition coefficient (Wildman–Crippen LogP) is 3.82. The van der Waals surface area contributed by atoms with E-state index in [9.17, 15) is 9.59 Å². The molecule has 0 aliphatic heterocycles. The molecule has 0 radical (unpaired) electrons. The molecule has 4 aromatic rings. The molecule has 0 unspecified atom stereocenters. The lowest BCUT2D eigenvalue weighted by Crippen LogP contribution is -2.22. The molecule has 2 aromatic carbocycles. The third-order valence-corrected chi connectivity index (χ3v) is 5.48. The second kappa shape index (κ2) is 10.4. The maximum Gasteiger partial charge on any atom is 0.274 e. The number of anilines is 1. The van der Waals surface area contributed by atoms with Crippen molar-refractivity contribution in [2.45, 2.75) is 47.3 Å². The van der Waals surface area contributed by atoms with E-state index in [1.165, 1.54) is 10.6 Å². The number of carbonyl (C=O) groups is 1. The Morgan fingerprint density at radius 1 is 1.00 bits per heavy atom. The number of aromatic nitrogens is 4. The van der Waals surface area contributed by atoms with Crippen LogP contribution in [0.3, 0.4) is 0 Å². The van der Waals surface area contributed by atoms with Crippen LogP contribution in [0.15, 0.2) is 53.6 Å². The van der Waals surface area contributed by atoms with Crippen LogP contribution in [0, 0.1) is 20.8 Å². The highest BCUT2D eigenvalue weighted by atomic mass is 16.5. The molecule has 0 aliphatic carbocycles. The molecule has 4 rings (SSSR count). The normalized spacial score (nSPS) is 11.0. The summed E-state index contributed by atoms with van der Waals surface area (Å²) in [6.45, 7) is 8.57. The standard InChI is InChI=1S/C26H29N5O4/c1-5-10-30-16-27-26-29-21(13-25(33)31(26)30)14-34-23-12-20(8-7-18(23)3)28-24(32)15-35-22-9-6-17(2)11-19(22)4/h6-9,11-13,16H,5,10,14-15H2,1-4H3,(H,28,32). The molecule has 2 aromatic heterocycles. The number of ether oxygens (including phenoxy) is 2. The minimum Gasteiger partial charge on any atom is -0.487 e. The van der Waals surface area contributed by atoms with Crippen molar-refractivity contribution in [3.63, 3.8) is 0 Å². The van der Waals surface area contributed by atoms with E-state index in [2.05, 4.69) is 15.3 Å². The first-order chi connectivity index (χ1) is 16.8. The highest BCUT2D eigenvalue weighted by Crippen LogP contribution is 2.24. The van der Waals surface area contributed by atoms with Crippen LogP contribution >= 0.6 is 0 Å². The third-order valence-electron chi connectivity index (χ3n) is 5.48. The molecular weight excluding hydrogens is 446 g/mol. The lowest BCUT2D eigenvalue weighted by Gasteiger charge is -2.13. The molecule has 9 nitrogen and oxygen atoms in total. The van der Waals surface area contributed by atoms with Gasteiger partial charge in [0.1, 0.15) is 24.4 Å². The minimum absolute atomic E-state index is 0.0976. The Balaban J connectivity index is 1.40. The summed E-state index contributed by atoms with van der Waals surface area (Å²) in [5.74, 6) is 1.32. The van der Waals surface area contributed by atoms with Crippen LogP contribution in [-0.2, 0) is 17.9 Å². The number of carbonyl (C=O) groups excluding carboxylic acids is 1. The van der Waals surface area contributed by atoms with Crippen molar-refractivity contribution < 1.29 is 14.3 Å². The van der Waals surface area contributed by atoms with Gasteiger partial charge in [-0.3, -0.25) is 14.3 Å². The highest BCUT2D eigenvalue weighted by Gasteiger charge is 2.11. The van der Waals surface area contributed by atoms with Gasteiger partial charge in [-0.25, -0.2) is 4.98 Å². The van der Waals surface area contributed by atoms with Crippen LogP contribution < -0.4 is 20.3 Å². The van der Waals surface area contributed by atoms with Gasteiger partial charge in [0.15, 0.2) is 6.61 Å². The molecule has 35 heavy (non-hydrogen) atoms. The van der Waals surface area contributed by atoms with Crippen molar-refractivity contribution in [2.24, 2.45) is 0 Å². The van der Waals surface area contributed by atoms with Gasteiger partial charge in [-0.05, 0) is 50.5 Å². The SMILES string of the molecule is CCCn1cnc2nc(COc3cc(NC(=O)COc4ccc(C)cc4C)ccc3C)cc(=O)n21. The molecule has 0 saturated heterocycles. The molecule has 0 aliphatic rings. The van der Waals surface area contributed by atoms with Crippen molar-refractivity contribution in [3.8, 4) is 11.5 Å². The number of fused-ring (bicyclic) bond motifs is 1. The van der Waals surface area contributed by atoms with Crippen molar-refractivity contribution in [3.05, 3.63) is 81.5 Å². The van der Waals surface area contributed by atoms with E-state index in [1.807, 2.05) is 52.0 Å². The fourth-order valence-corrected chi connectivity index (χ4v) is 3.75. The van der Waals surface area contributed by atoms with Gasteiger partial charge in [0.05, 0.1) is 5.69 Å². The zero-order valence-electron chi connectivity index (χ0n) is 20.4. The molecule has 9 heteroatoms. The Hall–Kier alpha value is -4.14. The summed E-state index contributed by atoms with van der Waals surface area (Å²) in [7, 11) is 0. The Kier molecular flexibility index (Phi) is 7.14. The lowest BCUT2D eigenvalue weighted by molar-refractivity contribution is -0.118. The number of benzene rings is 2. The van der Waals surface area contributed by atoms with E-state index in [-0.39, 0.29) is 24.7 Å². The van der Waals surface area contributed by atoms with Crippen molar-refractivity contribution in [2.75, 3.05) is 11.9 Å². The van der Waals surface area contributed by atoms with Crippen molar-refractivity contribution >= 4 is 17.4 Å². The summed E-state index contributed by atoms with van der Waals surface area (Å²) in [4.78, 5) is 33.6. The van der Waals surface area contributed by atoms with E-state index < -0.39 is 0 Å². The van der Waals surface area contributed by atoms with Gasteiger partial charge in [0.2, 0.25) is 0 Å². The molecule has 0 saturated carbocycles. The van der Waals surface area contributed by atoms with Crippen LogP contribution in [0.1, 0.15) is 35.7 Å². The number of nitrogens with zero attached hydrogens (tertiary/aromatic N) is 4. The van der Waals surface area contributed by atoms with Crippen LogP contribution in [0.25, 0.3) is 5.78 Å². The monoisotopic (exact) mass is 475 g/mol. The maximum absolute atomic E-state index is 12.6. The van der Waals surface area contributed by atoms with Gasteiger partial charge < -0.3 is 14.8 Å². The second-order valence-electron chi connectivity index (χ2n) is 8.48. The number of nitrogens with one attached hydrogen (secondary N) is 1. The van der Waals surface area contributed by atoms with Gasteiger partial charge in [-0.2, -0.15) is 9.50 Å². The summed E-state index contributed by atoms with van der Waals surface area (Å²) < 4.78 is 14.8. The molecule has 0 fully saturated rings. The Morgan fingerprint density at radius 3 is 2.60 bits per heavy atom. The third kappa shape index (κ3) is 5.68. The summed E-state index contributed by atoms with van der Waals surface area (Å²) in [6.07, 6.45) is 2.49. The average molecular weight is 476 g/mol. The molecule has 0 atom stereocenters. The van der Waals surface area contributed by atoms with Crippen LogP contribution in [0.5, 0.6) is 11.5 Å². The number of hydrogen-bond acceptors (Lipinski definition) is 6. The fourth-order valence-electron chi connectivity index (χ4n) is 3.75. The highest BCUT2D eigenvalue weighted by molar-refractivity contribution is 5.92. The van der Waals surface area contributed by atoms with E-state index >= 15 is 0 Å². The van der Waals surface area contributed by atoms with Gasteiger partial charge in [0, 0.05) is 24.4 Å². The number of rotatable bonds is 9. The first kappa shape index (κ1) is 24.0. The Morgan fingerprint density at radius 2 is 1.83 bits per heavy atom. The summed E-state index contributed by atoms with van der Waals surface area (Å²) in [6, 6.07) is 12.7. The minimum atomic E-state index is -0.275. The topological polar surface area (TPSA) is 99.8 Å². The molecule has 182 valence electrons. The van der Waals surface area contributed by atoms with Gasteiger partial charge >= 0.3 is 0 Å². The lowest BCUT2D eigenvalue weighted by atomic mass is 10.1. The molecular formula is C26H29N5O4. The smallest absolute Gasteiger partial charge is 0.274 e. The maximum atomic E-state index is 12.6. The first-order valence-corrected chi connectivity index (χ1v) is 11.5. The fraction of sp³-hybridized carbons (Fsp3) is 0.308. The van der Waals surface area contributed by atoms with E-state index in [0.717, 1.165) is 23.1 Å². The van der Waals surface area contributed by atoms with Crippen LogP contribution in [-0.4, -0.2) is 31.7 Å². The summed E-state index contributed by atoms with van der Waals surface area (Å²) in [5.41, 5.74) is 3.86. The van der Waals surface area contributed by atoms with E-state index in [4.69, 9.17) is 9.47 Å². The summed E-state index contributed by atoms with van der Waals surface area (Å²) >= 11 is 0. The predicted molar refractivity (Wildman–Crippen MR) is 133 cm³/mol. The second-order valence-corrected chi connectivity index (χ2v) is 8.48. The van der Waals surface area contributed by atoms with Gasteiger partial charge in [-0.1, -0.05) is 30.7 Å². The quantitative estimate of drug-likeness (QED) is 0.395. The Labute approximate surface area is 203 Å². The largest absolute Gasteiger partial charge is 0.487 e. The van der Waals surface area contributed by atoms with Crippen molar-refractivity contribution in [1.29, 1.82) is 0 Å². The van der Waals surface area contributed by atoms with E-state index in [0.29, 0.717) is 35.2 Å². The molecule has 2 heterocycles. The van der Waals surface area contributed by atoms with Gasteiger partial charge in [0.25, 0.3) is 17.2 Å². The van der Waals surface area contributed by atoms with Crippen LogP contribution in [0.2, 0.25) is 0 Å². The number of amides is 1. The average Bonchev–Trinajstić information content (AvgIpc) is 3.22. The first-order valence-electron chi connectivity index (χ1n) is 11.5.